The predicted molar refractivity (Wildman–Crippen MR) is 65.7 cm³/mol. The van der Waals surface area contributed by atoms with Crippen LogP contribution in [0.5, 0.6) is 0 Å². The van der Waals surface area contributed by atoms with Gasteiger partial charge >= 0.3 is 5.97 Å². The highest BCUT2D eigenvalue weighted by molar-refractivity contribution is 5.96. The Balaban J connectivity index is 2.11. The van der Waals surface area contributed by atoms with Crippen LogP contribution in [-0.2, 0) is 4.79 Å². The summed E-state index contributed by atoms with van der Waals surface area (Å²) in [6.45, 7) is 0.728. The van der Waals surface area contributed by atoms with Gasteiger partial charge in [-0.1, -0.05) is 5.11 Å². The molecule has 1 N–H and O–H groups in total. The third-order valence-electron chi connectivity index (χ3n) is 2.89. The first-order chi connectivity index (χ1) is 9.11. The second-order valence-electron chi connectivity index (χ2n) is 4.19. The SMILES string of the molecule is [N-]=[N+]=NCC1CC(=O)N(c2ccc(C(=O)O)nc2)C1. The number of carboxylic acid groups (broad SMARTS) is 1. The molecule has 0 spiro atoms. The Morgan fingerprint density at radius 2 is 2.42 bits per heavy atom. The molecule has 0 radical (unpaired) electrons. The average molecular weight is 261 g/mol. The Bertz CT molecular complexity index is 550. The number of carbonyl (C=O) groups is 2. The number of carbonyl (C=O) groups excluding carboxylic acids is 1. The number of hydrogen-bond donors (Lipinski definition) is 1. The van der Waals surface area contributed by atoms with Gasteiger partial charge in [-0.15, -0.1) is 0 Å². The summed E-state index contributed by atoms with van der Waals surface area (Å²) < 4.78 is 0. The maximum Gasteiger partial charge on any atom is 0.354 e. The third kappa shape index (κ3) is 2.80. The van der Waals surface area contributed by atoms with Crippen LogP contribution in [0, 0.1) is 5.92 Å². The van der Waals surface area contributed by atoms with Gasteiger partial charge in [0.05, 0.1) is 11.9 Å². The summed E-state index contributed by atoms with van der Waals surface area (Å²) in [5.41, 5.74) is 8.74. The van der Waals surface area contributed by atoms with E-state index in [2.05, 4.69) is 15.0 Å². The van der Waals surface area contributed by atoms with Gasteiger partial charge in [-0.25, -0.2) is 9.78 Å². The van der Waals surface area contributed by atoms with Gasteiger partial charge in [-0.05, 0) is 23.6 Å². The standard InChI is InChI=1S/C11H11N5O3/c12-15-14-4-7-3-10(17)16(6-7)8-1-2-9(11(18)19)13-5-8/h1-2,5,7H,3-4,6H2,(H,18,19). The Kier molecular flexibility index (Phi) is 3.63. The molecule has 1 atom stereocenters. The topological polar surface area (TPSA) is 119 Å². The van der Waals surface area contributed by atoms with Crippen molar-refractivity contribution < 1.29 is 14.7 Å². The zero-order valence-electron chi connectivity index (χ0n) is 9.93. The highest BCUT2D eigenvalue weighted by Crippen LogP contribution is 2.24. The number of aromatic carboxylic acids is 1. The van der Waals surface area contributed by atoms with Crippen LogP contribution < -0.4 is 4.90 Å². The molecule has 1 aromatic heterocycles. The largest absolute Gasteiger partial charge is 0.477 e. The minimum absolute atomic E-state index is 0.0115. The lowest BCUT2D eigenvalue weighted by Crippen LogP contribution is -2.25. The van der Waals surface area contributed by atoms with E-state index < -0.39 is 5.97 Å². The van der Waals surface area contributed by atoms with Crippen molar-refractivity contribution in [2.24, 2.45) is 11.0 Å². The summed E-state index contributed by atoms with van der Waals surface area (Å²) in [7, 11) is 0. The Morgan fingerprint density at radius 3 is 3.00 bits per heavy atom. The van der Waals surface area contributed by atoms with Gasteiger partial charge in [0, 0.05) is 24.4 Å². The lowest BCUT2D eigenvalue weighted by Gasteiger charge is -2.15. The second kappa shape index (κ2) is 5.36. The molecule has 2 rings (SSSR count). The predicted octanol–water partition coefficient (Wildman–Crippen LogP) is 1.44. The van der Waals surface area contributed by atoms with E-state index >= 15 is 0 Å². The van der Waals surface area contributed by atoms with Gasteiger partial charge in [-0.3, -0.25) is 4.79 Å². The molecule has 1 saturated heterocycles. The van der Waals surface area contributed by atoms with Crippen molar-refractivity contribution in [2.75, 3.05) is 18.0 Å². The number of aromatic nitrogens is 1. The monoisotopic (exact) mass is 261 g/mol. The van der Waals surface area contributed by atoms with Crippen molar-refractivity contribution in [3.8, 4) is 0 Å². The molecule has 2 heterocycles. The van der Waals surface area contributed by atoms with Gasteiger partial charge in [0.15, 0.2) is 0 Å². The molecule has 1 aliphatic rings. The van der Waals surface area contributed by atoms with Crippen LogP contribution in [0.2, 0.25) is 0 Å². The maximum atomic E-state index is 11.8. The number of anilines is 1. The van der Waals surface area contributed by atoms with Crippen molar-refractivity contribution in [1.82, 2.24) is 4.98 Å². The first-order valence-electron chi connectivity index (χ1n) is 5.62. The normalized spacial score (nSPS) is 18.2. The van der Waals surface area contributed by atoms with E-state index in [1.165, 1.54) is 17.2 Å². The number of pyridine rings is 1. The zero-order valence-corrected chi connectivity index (χ0v) is 9.93. The van der Waals surface area contributed by atoms with E-state index in [0.717, 1.165) is 0 Å². The highest BCUT2D eigenvalue weighted by atomic mass is 16.4. The number of hydrogen-bond acceptors (Lipinski definition) is 4. The van der Waals surface area contributed by atoms with Gasteiger partial charge in [0.1, 0.15) is 5.69 Å². The van der Waals surface area contributed by atoms with Crippen molar-refractivity contribution >= 4 is 17.6 Å². The molecule has 98 valence electrons. The number of amides is 1. The van der Waals surface area contributed by atoms with Crippen LogP contribution >= 0.6 is 0 Å². The molecule has 0 aliphatic carbocycles. The van der Waals surface area contributed by atoms with Gasteiger partial charge in [0.2, 0.25) is 5.91 Å². The van der Waals surface area contributed by atoms with E-state index in [4.69, 9.17) is 10.6 Å². The molecule has 0 aromatic carbocycles. The van der Waals surface area contributed by atoms with Crippen LogP contribution in [0.15, 0.2) is 23.4 Å². The Hall–Kier alpha value is -2.60. The summed E-state index contributed by atoms with van der Waals surface area (Å²) >= 11 is 0. The van der Waals surface area contributed by atoms with Gasteiger partial charge in [-0.2, -0.15) is 0 Å². The third-order valence-corrected chi connectivity index (χ3v) is 2.89. The summed E-state index contributed by atoms with van der Waals surface area (Å²) in [4.78, 5) is 30.5. The average Bonchev–Trinajstić information content (AvgIpc) is 2.77. The molecular weight excluding hydrogens is 250 g/mol. The molecule has 1 fully saturated rings. The number of azide groups is 1. The molecule has 8 nitrogen and oxygen atoms in total. The van der Waals surface area contributed by atoms with Crippen LogP contribution in [0.25, 0.3) is 10.4 Å². The first kappa shape index (κ1) is 12.8. The molecule has 19 heavy (non-hydrogen) atoms. The van der Waals surface area contributed by atoms with Crippen molar-refractivity contribution in [3.05, 3.63) is 34.5 Å². The van der Waals surface area contributed by atoms with E-state index in [9.17, 15) is 9.59 Å². The molecule has 0 bridgehead atoms. The molecule has 0 saturated carbocycles. The smallest absolute Gasteiger partial charge is 0.354 e. The highest BCUT2D eigenvalue weighted by Gasteiger charge is 2.30. The molecule has 1 unspecified atom stereocenters. The fourth-order valence-corrected chi connectivity index (χ4v) is 1.98. The summed E-state index contributed by atoms with van der Waals surface area (Å²) in [5.74, 6) is -1.20. The molecule has 8 heteroatoms. The van der Waals surface area contributed by atoms with Crippen LogP contribution in [0.1, 0.15) is 16.9 Å². The lowest BCUT2D eigenvalue weighted by atomic mass is 10.1. The maximum absolute atomic E-state index is 11.8. The van der Waals surface area contributed by atoms with Crippen LogP contribution in [0.3, 0.4) is 0 Å². The van der Waals surface area contributed by atoms with Gasteiger partial charge in [0.25, 0.3) is 0 Å². The minimum Gasteiger partial charge on any atom is -0.477 e. The summed E-state index contributed by atoms with van der Waals surface area (Å²) in [5, 5.41) is 12.2. The fourth-order valence-electron chi connectivity index (χ4n) is 1.98. The second-order valence-corrected chi connectivity index (χ2v) is 4.19. The van der Waals surface area contributed by atoms with Crippen LogP contribution in [-0.4, -0.2) is 35.1 Å². The lowest BCUT2D eigenvalue weighted by molar-refractivity contribution is -0.117. The molecular formula is C11H11N5O3. The van der Waals surface area contributed by atoms with Crippen molar-refractivity contribution in [3.63, 3.8) is 0 Å². The van der Waals surface area contributed by atoms with Gasteiger partial charge < -0.3 is 10.0 Å². The van der Waals surface area contributed by atoms with Crippen molar-refractivity contribution in [2.45, 2.75) is 6.42 Å². The summed E-state index contributed by atoms with van der Waals surface area (Å²) in [6, 6.07) is 2.90. The minimum atomic E-state index is -1.11. The van der Waals surface area contributed by atoms with Crippen molar-refractivity contribution in [1.29, 1.82) is 0 Å². The first-order valence-corrected chi connectivity index (χ1v) is 5.62. The number of carboxylic acids is 1. The van der Waals surface area contributed by atoms with E-state index in [0.29, 0.717) is 18.7 Å². The van der Waals surface area contributed by atoms with Crippen LogP contribution in [0.4, 0.5) is 5.69 Å². The van der Waals surface area contributed by atoms with E-state index in [1.807, 2.05) is 0 Å². The summed E-state index contributed by atoms with van der Waals surface area (Å²) in [6.07, 6.45) is 1.68. The number of nitrogens with zero attached hydrogens (tertiary/aromatic N) is 5. The Morgan fingerprint density at radius 1 is 1.63 bits per heavy atom. The molecule has 1 aromatic rings. The zero-order chi connectivity index (χ0) is 13.8. The molecule has 1 aliphatic heterocycles. The quantitative estimate of drug-likeness (QED) is 0.501. The fraction of sp³-hybridized carbons (Fsp3) is 0.364. The Labute approximate surface area is 108 Å². The molecule has 1 amide bonds. The number of rotatable bonds is 4. The van der Waals surface area contributed by atoms with E-state index in [-0.39, 0.29) is 24.1 Å². The van der Waals surface area contributed by atoms with E-state index in [1.54, 1.807) is 6.07 Å².